The summed E-state index contributed by atoms with van der Waals surface area (Å²) >= 11 is -1.06. The Balaban J connectivity index is 1.90. The maximum absolute atomic E-state index is 6.24. The molecule has 0 bridgehead atoms. The van der Waals surface area contributed by atoms with Crippen LogP contribution in [0.4, 0.5) is 0 Å². The Morgan fingerprint density at radius 2 is 1.35 bits per heavy atom. The molecule has 0 radical (unpaired) electrons. The van der Waals surface area contributed by atoms with E-state index in [-0.39, 0.29) is 6.10 Å². The quantitative estimate of drug-likeness (QED) is 0.586. The number of hydrogen-bond acceptors (Lipinski definition) is 1. The van der Waals surface area contributed by atoms with Crippen LogP contribution in [-0.4, -0.2) is 20.8 Å². The minimum absolute atomic E-state index is 0.282. The number of ether oxygens (including phenoxy) is 1. The molecule has 23 heavy (non-hydrogen) atoms. The van der Waals surface area contributed by atoms with Crippen LogP contribution in [0.25, 0.3) is 0 Å². The maximum atomic E-state index is 6.24. The Morgan fingerprint density at radius 3 is 1.87 bits per heavy atom. The molecule has 128 valence electrons. The molecule has 2 fully saturated rings. The molecule has 2 heteroatoms. The summed E-state index contributed by atoms with van der Waals surface area (Å²) in [5.41, 5.74) is 0. The van der Waals surface area contributed by atoms with E-state index in [4.69, 9.17) is 4.74 Å². The van der Waals surface area contributed by atoms with Gasteiger partial charge in [0.05, 0.1) is 0 Å². The third-order valence-corrected chi connectivity index (χ3v) is 12.9. The first-order chi connectivity index (χ1) is 11.3. The fourth-order valence-corrected chi connectivity index (χ4v) is 12.5. The summed E-state index contributed by atoms with van der Waals surface area (Å²) in [7, 11) is 0. The minimum atomic E-state index is -1.06. The molecule has 3 rings (SSSR count). The van der Waals surface area contributed by atoms with Gasteiger partial charge in [-0.1, -0.05) is 0 Å². The van der Waals surface area contributed by atoms with Gasteiger partial charge in [0, 0.05) is 0 Å². The van der Waals surface area contributed by atoms with E-state index in [1.165, 1.54) is 70.0 Å². The van der Waals surface area contributed by atoms with Gasteiger partial charge in [0.1, 0.15) is 0 Å². The van der Waals surface area contributed by atoms with Crippen molar-refractivity contribution in [1.82, 2.24) is 0 Å². The molecule has 1 nitrogen and oxygen atoms in total. The third-order valence-electron chi connectivity index (χ3n) is 5.44. The van der Waals surface area contributed by atoms with Gasteiger partial charge in [-0.25, -0.2) is 0 Å². The van der Waals surface area contributed by atoms with Gasteiger partial charge in [0.25, 0.3) is 0 Å². The molecule has 0 spiro atoms. The van der Waals surface area contributed by atoms with Crippen LogP contribution in [0.3, 0.4) is 0 Å². The molecule has 1 aromatic carbocycles. The molecule has 2 aliphatic carbocycles. The van der Waals surface area contributed by atoms with Crippen molar-refractivity contribution in [3.05, 3.63) is 24.3 Å². The predicted molar refractivity (Wildman–Crippen MR) is 101 cm³/mol. The first kappa shape index (κ1) is 17.4. The summed E-state index contributed by atoms with van der Waals surface area (Å²) in [5, 5.41) is 0. The Bertz CT molecular complexity index is 454. The fourth-order valence-electron chi connectivity index (χ4n) is 4.43. The van der Waals surface area contributed by atoms with Crippen molar-refractivity contribution in [2.75, 3.05) is 0 Å². The monoisotopic (exact) mass is 376 g/mol. The van der Waals surface area contributed by atoms with E-state index in [1.54, 1.807) is 4.35 Å². The average Bonchev–Trinajstić information content (AvgIpc) is 2.58. The van der Waals surface area contributed by atoms with E-state index in [1.807, 2.05) is 0 Å². The SMILES string of the molecule is CC(C)Oc1ccccc1[As](C1CCCCC1)C1CCCCC1. The molecule has 0 heterocycles. The van der Waals surface area contributed by atoms with E-state index in [0.29, 0.717) is 0 Å². The number of hydrogen-bond donors (Lipinski definition) is 0. The van der Waals surface area contributed by atoms with Gasteiger partial charge in [0.2, 0.25) is 0 Å². The van der Waals surface area contributed by atoms with E-state index in [0.717, 1.165) is 9.41 Å². The third kappa shape index (κ3) is 4.56. The molecule has 0 unspecified atom stereocenters. The molecular weight excluding hydrogens is 343 g/mol. The standard InChI is InChI=1S/C21H33AsO/c1-17(2)23-21-16-10-9-15-20(21)22(18-11-5-3-6-12-18)19-13-7-4-8-14-19/h9-10,15-19H,3-8,11-14H2,1-2H3. The summed E-state index contributed by atoms with van der Waals surface area (Å²) in [5.74, 6) is 1.22. The first-order valence-corrected chi connectivity index (χ1v) is 12.9. The number of rotatable bonds is 5. The second kappa shape index (κ2) is 8.61. The van der Waals surface area contributed by atoms with Crippen molar-refractivity contribution in [2.24, 2.45) is 0 Å². The van der Waals surface area contributed by atoms with Crippen molar-refractivity contribution in [2.45, 2.75) is 93.6 Å². The molecule has 2 aliphatic rings. The van der Waals surface area contributed by atoms with Crippen molar-refractivity contribution in [3.63, 3.8) is 0 Å². The summed E-state index contributed by atoms with van der Waals surface area (Å²) in [6, 6.07) is 9.09. The second-order valence-electron chi connectivity index (χ2n) is 7.63. The van der Waals surface area contributed by atoms with Crippen LogP contribution in [0, 0.1) is 0 Å². The Hall–Kier alpha value is -0.422. The first-order valence-electron chi connectivity index (χ1n) is 9.79. The Kier molecular flexibility index (Phi) is 6.51. The molecule has 0 aliphatic heterocycles. The van der Waals surface area contributed by atoms with Crippen molar-refractivity contribution < 1.29 is 4.74 Å². The summed E-state index contributed by atoms with van der Waals surface area (Å²) < 4.78 is 9.95. The Labute approximate surface area is 147 Å². The summed E-state index contributed by atoms with van der Waals surface area (Å²) in [4.78, 5) is 0. The average molecular weight is 376 g/mol. The summed E-state index contributed by atoms with van der Waals surface area (Å²) in [6.07, 6.45) is 15.1. The molecule has 0 amide bonds. The van der Waals surface area contributed by atoms with E-state index < -0.39 is 14.7 Å². The molecular formula is C21H33AsO. The van der Waals surface area contributed by atoms with Crippen LogP contribution < -0.4 is 9.09 Å². The molecule has 0 atom stereocenters. The van der Waals surface area contributed by atoms with Crippen LogP contribution in [0.2, 0.25) is 9.41 Å². The van der Waals surface area contributed by atoms with Gasteiger partial charge in [-0.05, 0) is 0 Å². The second-order valence-corrected chi connectivity index (χ2v) is 13.4. The topological polar surface area (TPSA) is 9.23 Å². The summed E-state index contributed by atoms with van der Waals surface area (Å²) in [6.45, 7) is 4.32. The molecule has 0 aromatic heterocycles. The van der Waals surface area contributed by atoms with E-state index in [2.05, 4.69) is 38.1 Å². The van der Waals surface area contributed by atoms with Gasteiger partial charge < -0.3 is 0 Å². The van der Waals surface area contributed by atoms with Crippen LogP contribution >= 0.6 is 0 Å². The zero-order valence-corrected chi connectivity index (χ0v) is 16.8. The van der Waals surface area contributed by atoms with E-state index in [9.17, 15) is 0 Å². The molecule has 0 saturated heterocycles. The van der Waals surface area contributed by atoms with Gasteiger partial charge in [-0.15, -0.1) is 0 Å². The fraction of sp³-hybridized carbons (Fsp3) is 0.714. The normalized spacial score (nSPS) is 21.0. The van der Waals surface area contributed by atoms with Crippen LogP contribution in [-0.2, 0) is 0 Å². The molecule has 1 aromatic rings. The van der Waals surface area contributed by atoms with Crippen LogP contribution in [0.1, 0.15) is 78.1 Å². The molecule has 0 N–H and O–H groups in total. The van der Waals surface area contributed by atoms with Gasteiger partial charge in [-0.3, -0.25) is 0 Å². The van der Waals surface area contributed by atoms with Crippen LogP contribution in [0.5, 0.6) is 5.75 Å². The Morgan fingerprint density at radius 1 is 0.826 bits per heavy atom. The van der Waals surface area contributed by atoms with Crippen molar-refractivity contribution >= 4 is 19.0 Å². The van der Waals surface area contributed by atoms with E-state index >= 15 is 0 Å². The van der Waals surface area contributed by atoms with Gasteiger partial charge in [0.15, 0.2) is 0 Å². The van der Waals surface area contributed by atoms with Gasteiger partial charge >= 0.3 is 147 Å². The zero-order valence-electron chi connectivity index (χ0n) is 15.0. The number of benzene rings is 1. The van der Waals surface area contributed by atoms with Crippen molar-refractivity contribution in [1.29, 1.82) is 0 Å². The van der Waals surface area contributed by atoms with Crippen molar-refractivity contribution in [3.8, 4) is 5.75 Å². The predicted octanol–water partition coefficient (Wildman–Crippen LogP) is 5.84. The molecule has 2 saturated carbocycles. The zero-order chi connectivity index (χ0) is 16.1. The van der Waals surface area contributed by atoms with Crippen LogP contribution in [0.15, 0.2) is 24.3 Å². The van der Waals surface area contributed by atoms with Gasteiger partial charge in [-0.2, -0.15) is 0 Å². The number of para-hydroxylation sites is 1.